The van der Waals surface area contributed by atoms with Crippen molar-refractivity contribution in [3.8, 4) is 0 Å². The average molecular weight is 220 g/mol. The lowest BCUT2D eigenvalue weighted by Crippen LogP contribution is -2.00. The van der Waals surface area contributed by atoms with Gasteiger partial charge in [0.05, 0.1) is 6.61 Å². The summed E-state index contributed by atoms with van der Waals surface area (Å²) in [6.45, 7) is -0.0346. The summed E-state index contributed by atoms with van der Waals surface area (Å²) in [7, 11) is 0. The van der Waals surface area contributed by atoms with Gasteiger partial charge in [0.25, 0.3) is 0 Å². The van der Waals surface area contributed by atoms with E-state index in [1.54, 1.807) is 24.3 Å². The van der Waals surface area contributed by atoms with Crippen molar-refractivity contribution in [1.82, 2.24) is 0 Å². The number of aliphatic hydroxyl groups is 1. The molecule has 0 aliphatic rings. The quantitative estimate of drug-likeness (QED) is 0.724. The summed E-state index contributed by atoms with van der Waals surface area (Å²) in [6.07, 6.45) is 2.03. The molecule has 0 fully saturated rings. The fourth-order valence-corrected chi connectivity index (χ4v) is 1.19. The number of carboxylic acids is 1. The Morgan fingerprint density at radius 2 is 1.62 bits per heavy atom. The van der Waals surface area contributed by atoms with Gasteiger partial charge in [-0.2, -0.15) is 0 Å². The number of hydrogen-bond donors (Lipinski definition) is 2. The van der Waals surface area contributed by atoms with Crippen LogP contribution in [0, 0.1) is 0 Å². The Hall–Kier alpha value is -1.94. The zero-order valence-corrected chi connectivity index (χ0v) is 8.59. The second-order valence-electron chi connectivity index (χ2n) is 3.29. The van der Waals surface area contributed by atoms with Gasteiger partial charge in [-0.1, -0.05) is 24.3 Å². The van der Waals surface area contributed by atoms with Crippen molar-refractivity contribution in [2.24, 2.45) is 0 Å². The van der Waals surface area contributed by atoms with Crippen LogP contribution in [0.5, 0.6) is 0 Å². The van der Waals surface area contributed by atoms with E-state index in [9.17, 15) is 9.59 Å². The van der Waals surface area contributed by atoms with Crippen LogP contribution in [0.2, 0.25) is 0 Å². The maximum Gasteiger partial charge on any atom is 0.328 e. The first-order chi connectivity index (χ1) is 7.61. The molecule has 84 valence electrons. The predicted molar refractivity (Wildman–Crippen MR) is 57.9 cm³/mol. The lowest BCUT2D eigenvalue weighted by molar-refractivity contribution is -0.131. The van der Waals surface area contributed by atoms with Gasteiger partial charge < -0.3 is 10.2 Å². The van der Waals surface area contributed by atoms with Crippen molar-refractivity contribution >= 4 is 11.8 Å². The first-order valence-electron chi connectivity index (χ1n) is 4.74. The van der Waals surface area contributed by atoms with Crippen LogP contribution >= 0.6 is 0 Å². The Morgan fingerprint density at radius 1 is 1.06 bits per heavy atom. The minimum absolute atomic E-state index is 0.0346. The van der Waals surface area contributed by atoms with Crippen LogP contribution in [-0.2, 0) is 22.6 Å². The first-order valence-corrected chi connectivity index (χ1v) is 4.74. The number of carboxylic acid groups (broad SMARTS) is 1. The minimum Gasteiger partial charge on any atom is -0.478 e. The SMILES string of the molecule is O=C(O)/C=C\C(=O)Cc1ccc(CO)cc1. The van der Waals surface area contributed by atoms with E-state index in [2.05, 4.69) is 0 Å². The van der Waals surface area contributed by atoms with Crippen LogP contribution in [0.3, 0.4) is 0 Å². The summed E-state index contributed by atoms with van der Waals surface area (Å²) in [5, 5.41) is 17.1. The number of ketones is 1. The number of carbonyl (C=O) groups is 2. The first kappa shape index (κ1) is 12.1. The fourth-order valence-electron chi connectivity index (χ4n) is 1.19. The normalized spacial score (nSPS) is 10.6. The Labute approximate surface area is 92.8 Å². The van der Waals surface area contributed by atoms with Gasteiger partial charge >= 0.3 is 5.97 Å². The number of rotatable bonds is 5. The van der Waals surface area contributed by atoms with Gasteiger partial charge in [-0.3, -0.25) is 4.79 Å². The Kier molecular flexibility index (Phi) is 4.42. The molecule has 0 aliphatic heterocycles. The molecule has 0 amide bonds. The molecule has 1 aromatic carbocycles. The number of aliphatic carboxylic acids is 1. The van der Waals surface area contributed by atoms with Crippen LogP contribution in [0.1, 0.15) is 11.1 Å². The van der Waals surface area contributed by atoms with Crippen molar-refractivity contribution in [2.45, 2.75) is 13.0 Å². The van der Waals surface area contributed by atoms with Gasteiger partial charge in [0.1, 0.15) is 0 Å². The maximum atomic E-state index is 11.3. The number of hydrogen-bond acceptors (Lipinski definition) is 3. The van der Waals surface area contributed by atoms with E-state index in [4.69, 9.17) is 10.2 Å². The van der Waals surface area contributed by atoms with E-state index in [1.165, 1.54) is 0 Å². The standard InChI is InChI=1S/C12H12O4/c13-8-10-3-1-9(2-4-10)7-11(14)5-6-12(15)16/h1-6,13H,7-8H2,(H,15,16)/b6-5-. The molecule has 1 rings (SSSR count). The van der Waals surface area contributed by atoms with Gasteiger partial charge in [-0.05, 0) is 17.2 Å². The molecule has 0 atom stereocenters. The summed E-state index contributed by atoms with van der Waals surface area (Å²) in [4.78, 5) is 21.4. The molecule has 0 aromatic heterocycles. The molecule has 0 spiro atoms. The average Bonchev–Trinajstić information content (AvgIpc) is 2.27. The minimum atomic E-state index is -1.14. The Morgan fingerprint density at radius 3 is 2.12 bits per heavy atom. The molecule has 0 radical (unpaired) electrons. The Balaban J connectivity index is 2.59. The molecule has 0 saturated carbocycles. The Bertz CT molecular complexity index is 404. The van der Waals surface area contributed by atoms with E-state index in [0.29, 0.717) is 0 Å². The van der Waals surface area contributed by atoms with E-state index in [1.807, 2.05) is 0 Å². The molecule has 0 unspecified atom stereocenters. The largest absolute Gasteiger partial charge is 0.478 e. The number of allylic oxidation sites excluding steroid dienone is 1. The number of aliphatic hydroxyl groups excluding tert-OH is 1. The van der Waals surface area contributed by atoms with E-state index in [-0.39, 0.29) is 18.8 Å². The van der Waals surface area contributed by atoms with Crippen molar-refractivity contribution < 1.29 is 19.8 Å². The van der Waals surface area contributed by atoms with Crippen LogP contribution < -0.4 is 0 Å². The third kappa shape index (κ3) is 4.06. The van der Waals surface area contributed by atoms with Crippen molar-refractivity contribution in [3.63, 3.8) is 0 Å². The van der Waals surface area contributed by atoms with Gasteiger partial charge in [-0.15, -0.1) is 0 Å². The second kappa shape index (κ2) is 5.82. The molecule has 0 saturated heterocycles. The lowest BCUT2D eigenvalue weighted by Gasteiger charge is -1.99. The molecule has 16 heavy (non-hydrogen) atoms. The number of carbonyl (C=O) groups excluding carboxylic acids is 1. The van der Waals surface area contributed by atoms with Crippen LogP contribution in [-0.4, -0.2) is 22.0 Å². The summed E-state index contributed by atoms with van der Waals surface area (Å²) < 4.78 is 0. The van der Waals surface area contributed by atoms with E-state index < -0.39 is 5.97 Å². The second-order valence-corrected chi connectivity index (χ2v) is 3.29. The topological polar surface area (TPSA) is 74.6 Å². The fraction of sp³-hybridized carbons (Fsp3) is 0.167. The smallest absolute Gasteiger partial charge is 0.328 e. The summed E-state index contributed by atoms with van der Waals surface area (Å²) in [5.74, 6) is -1.40. The molecule has 0 heterocycles. The molecule has 1 aromatic rings. The van der Waals surface area contributed by atoms with Crippen LogP contribution in [0.4, 0.5) is 0 Å². The van der Waals surface area contributed by atoms with Gasteiger partial charge in [0, 0.05) is 12.5 Å². The molecule has 4 heteroatoms. The van der Waals surface area contributed by atoms with E-state index >= 15 is 0 Å². The molecule has 0 aliphatic carbocycles. The van der Waals surface area contributed by atoms with Crippen LogP contribution in [0.25, 0.3) is 0 Å². The van der Waals surface area contributed by atoms with Gasteiger partial charge in [0.2, 0.25) is 0 Å². The zero-order valence-electron chi connectivity index (χ0n) is 8.59. The highest BCUT2D eigenvalue weighted by Gasteiger charge is 2.00. The van der Waals surface area contributed by atoms with Gasteiger partial charge in [-0.25, -0.2) is 4.79 Å². The zero-order chi connectivity index (χ0) is 12.0. The van der Waals surface area contributed by atoms with Gasteiger partial charge in [0.15, 0.2) is 5.78 Å². The summed E-state index contributed by atoms with van der Waals surface area (Å²) in [6, 6.07) is 6.92. The molecule has 4 nitrogen and oxygen atoms in total. The lowest BCUT2D eigenvalue weighted by atomic mass is 10.1. The molecular weight excluding hydrogens is 208 g/mol. The monoisotopic (exact) mass is 220 g/mol. The van der Waals surface area contributed by atoms with E-state index in [0.717, 1.165) is 23.3 Å². The number of benzene rings is 1. The third-order valence-corrected chi connectivity index (χ3v) is 2.00. The summed E-state index contributed by atoms with van der Waals surface area (Å²) in [5.41, 5.74) is 1.56. The highest BCUT2D eigenvalue weighted by atomic mass is 16.4. The third-order valence-electron chi connectivity index (χ3n) is 2.00. The summed E-state index contributed by atoms with van der Waals surface area (Å²) >= 11 is 0. The van der Waals surface area contributed by atoms with Crippen molar-refractivity contribution in [2.75, 3.05) is 0 Å². The molecule has 0 bridgehead atoms. The molecular formula is C12H12O4. The van der Waals surface area contributed by atoms with Crippen molar-refractivity contribution in [3.05, 3.63) is 47.5 Å². The predicted octanol–water partition coefficient (Wildman–Crippen LogP) is 0.931. The van der Waals surface area contributed by atoms with Crippen molar-refractivity contribution in [1.29, 1.82) is 0 Å². The van der Waals surface area contributed by atoms with Crippen LogP contribution in [0.15, 0.2) is 36.4 Å². The highest BCUT2D eigenvalue weighted by molar-refractivity contribution is 5.96. The highest BCUT2D eigenvalue weighted by Crippen LogP contribution is 2.05. The molecule has 2 N–H and O–H groups in total. The maximum absolute atomic E-state index is 11.3.